The first-order valence-electron chi connectivity index (χ1n) is 16.0. The van der Waals surface area contributed by atoms with Crippen LogP contribution in [0, 0.1) is 6.92 Å². The molecule has 0 spiro atoms. The fraction of sp³-hybridized carbons (Fsp3) is 0.205. The molecule has 0 radical (unpaired) electrons. The Hall–Kier alpha value is -5.28. The van der Waals surface area contributed by atoms with Gasteiger partial charge in [-0.2, -0.15) is 0 Å². The van der Waals surface area contributed by atoms with Gasteiger partial charge in [0.1, 0.15) is 17.7 Å². The first-order valence-corrected chi connectivity index (χ1v) is 17.5. The quantitative estimate of drug-likeness (QED) is 0.153. The lowest BCUT2D eigenvalue weighted by atomic mass is 9.99. The van der Waals surface area contributed by atoms with Crippen LogP contribution in [0.1, 0.15) is 54.0 Å². The number of rotatable bonds is 11. The predicted molar refractivity (Wildman–Crippen MR) is 190 cm³/mol. The molecule has 1 aliphatic heterocycles. The maximum atomic E-state index is 14.7. The minimum absolute atomic E-state index is 0.00452. The van der Waals surface area contributed by atoms with Gasteiger partial charge in [-0.1, -0.05) is 60.2 Å². The van der Waals surface area contributed by atoms with E-state index in [1.54, 1.807) is 29.2 Å². The predicted octanol–water partition coefficient (Wildman–Crippen LogP) is 8.35. The molecule has 0 bridgehead atoms. The van der Waals surface area contributed by atoms with Crippen LogP contribution in [0.5, 0.6) is 11.5 Å². The topological polar surface area (TPSA) is 88.2 Å². The number of fused-ring (bicyclic) bond motifs is 1. The Morgan fingerprint density at radius 1 is 0.812 bits per heavy atom. The van der Waals surface area contributed by atoms with Crippen LogP contribution in [0.2, 0.25) is 0 Å². The summed E-state index contributed by atoms with van der Waals surface area (Å²) >= 11 is 0. The number of hydrogen-bond donors (Lipinski definition) is 1. The van der Waals surface area contributed by atoms with E-state index in [0.717, 1.165) is 22.4 Å². The maximum absolute atomic E-state index is 14.7. The number of carbonyl (C=O) groups excluding carboxylic acids is 1. The average molecular weight is 662 g/mol. The van der Waals surface area contributed by atoms with Gasteiger partial charge in [0.15, 0.2) is 0 Å². The number of amides is 1. The molecular formula is C39H39N3O5S. The van der Waals surface area contributed by atoms with Gasteiger partial charge in [-0.05, 0) is 106 Å². The number of sulfonamides is 1. The van der Waals surface area contributed by atoms with E-state index in [0.29, 0.717) is 36.0 Å². The number of nitrogens with one attached hydrogen (secondary N) is 1. The summed E-state index contributed by atoms with van der Waals surface area (Å²) in [6.45, 7) is 8.78. The lowest BCUT2D eigenvalue weighted by Crippen LogP contribution is -2.49. The lowest BCUT2D eigenvalue weighted by molar-refractivity contribution is 0.0968. The zero-order chi connectivity index (χ0) is 33.8. The molecule has 1 amide bonds. The van der Waals surface area contributed by atoms with Gasteiger partial charge in [-0.15, -0.1) is 0 Å². The van der Waals surface area contributed by atoms with Gasteiger partial charge in [-0.25, -0.2) is 8.42 Å². The molecule has 1 N–H and O–H groups in total. The van der Waals surface area contributed by atoms with Crippen LogP contribution in [0.3, 0.4) is 0 Å². The van der Waals surface area contributed by atoms with Crippen LogP contribution in [0.25, 0.3) is 0 Å². The van der Waals surface area contributed by atoms with Crippen molar-refractivity contribution in [2.24, 2.45) is 0 Å². The third kappa shape index (κ3) is 7.01. The van der Waals surface area contributed by atoms with Gasteiger partial charge in [-0.3, -0.25) is 14.4 Å². The van der Waals surface area contributed by atoms with E-state index in [-0.39, 0.29) is 22.5 Å². The molecule has 1 atom stereocenters. The summed E-state index contributed by atoms with van der Waals surface area (Å²) in [6.07, 6.45) is -0.552. The van der Waals surface area contributed by atoms with E-state index >= 15 is 0 Å². The summed E-state index contributed by atoms with van der Waals surface area (Å²) in [5.41, 5.74) is 4.92. The molecule has 1 aliphatic rings. The molecule has 0 saturated carbocycles. The number of carbonyl (C=O) groups is 1. The van der Waals surface area contributed by atoms with Crippen molar-refractivity contribution in [3.63, 3.8) is 0 Å². The first-order chi connectivity index (χ1) is 23.1. The van der Waals surface area contributed by atoms with Crippen molar-refractivity contribution in [3.05, 3.63) is 144 Å². The highest BCUT2D eigenvalue weighted by Crippen LogP contribution is 2.44. The second-order valence-corrected chi connectivity index (χ2v) is 13.7. The standard InChI is InChI=1S/C39H39N3O5S/c1-5-46-33-21-17-32(18-22-33)42-38(30-13-19-34(20-14-30)47-27(2)3)41(26-29-9-7-6-8-10-29)37-24-23-35(25-36(37)39(42)43)48(44,45)40-31-15-11-28(4)12-16-31/h6-25,27,38,40H,5,26H2,1-4H3/t38-/m0/s1. The van der Waals surface area contributed by atoms with Gasteiger partial charge < -0.3 is 14.4 Å². The van der Waals surface area contributed by atoms with E-state index < -0.39 is 16.2 Å². The molecule has 1 heterocycles. The van der Waals surface area contributed by atoms with E-state index in [1.165, 1.54) is 6.07 Å². The summed E-state index contributed by atoms with van der Waals surface area (Å²) in [5.74, 6) is 1.10. The molecular weight excluding hydrogens is 623 g/mol. The number of hydrogen-bond acceptors (Lipinski definition) is 6. The summed E-state index contributed by atoms with van der Waals surface area (Å²) in [6, 6.07) is 37.1. The molecule has 246 valence electrons. The monoisotopic (exact) mass is 661 g/mol. The number of benzene rings is 5. The average Bonchev–Trinajstić information content (AvgIpc) is 3.08. The van der Waals surface area contributed by atoms with Crippen LogP contribution in [0.15, 0.2) is 126 Å². The molecule has 5 aromatic rings. The van der Waals surface area contributed by atoms with Crippen molar-refractivity contribution in [2.45, 2.75) is 51.4 Å². The third-order valence-corrected chi connectivity index (χ3v) is 9.43. The van der Waals surface area contributed by atoms with Gasteiger partial charge >= 0.3 is 0 Å². The van der Waals surface area contributed by atoms with Gasteiger partial charge in [0.25, 0.3) is 15.9 Å². The third-order valence-electron chi connectivity index (χ3n) is 8.05. The lowest BCUT2D eigenvalue weighted by Gasteiger charge is -2.46. The van der Waals surface area contributed by atoms with E-state index in [1.807, 2.05) is 119 Å². The Morgan fingerprint density at radius 3 is 2.12 bits per heavy atom. The summed E-state index contributed by atoms with van der Waals surface area (Å²) < 4.78 is 41.5. The van der Waals surface area contributed by atoms with Crippen molar-refractivity contribution in [3.8, 4) is 11.5 Å². The van der Waals surface area contributed by atoms with Crippen molar-refractivity contribution in [1.29, 1.82) is 0 Å². The molecule has 0 fully saturated rings. The Labute approximate surface area is 282 Å². The Kier molecular flexibility index (Phi) is 9.41. The fourth-order valence-corrected chi connectivity index (χ4v) is 6.94. The molecule has 6 rings (SSSR count). The maximum Gasteiger partial charge on any atom is 0.262 e. The smallest absolute Gasteiger partial charge is 0.262 e. The minimum atomic E-state index is -4.00. The normalized spacial score (nSPS) is 14.5. The fourth-order valence-electron chi connectivity index (χ4n) is 5.85. The van der Waals surface area contributed by atoms with Crippen LogP contribution in [-0.4, -0.2) is 27.0 Å². The van der Waals surface area contributed by atoms with E-state index in [4.69, 9.17) is 9.47 Å². The zero-order valence-electron chi connectivity index (χ0n) is 27.5. The van der Waals surface area contributed by atoms with Crippen LogP contribution < -0.4 is 24.0 Å². The molecule has 0 saturated heterocycles. The Morgan fingerprint density at radius 2 is 1.48 bits per heavy atom. The molecule has 9 heteroatoms. The largest absolute Gasteiger partial charge is 0.494 e. The molecule has 8 nitrogen and oxygen atoms in total. The summed E-state index contributed by atoms with van der Waals surface area (Å²) in [7, 11) is -4.00. The molecule has 48 heavy (non-hydrogen) atoms. The van der Waals surface area contributed by atoms with E-state index in [2.05, 4.69) is 9.62 Å². The second-order valence-electron chi connectivity index (χ2n) is 12.0. The Bertz CT molecular complexity index is 1980. The first kappa shape index (κ1) is 32.7. The van der Waals surface area contributed by atoms with Gasteiger partial charge in [0, 0.05) is 17.9 Å². The highest BCUT2D eigenvalue weighted by molar-refractivity contribution is 7.92. The number of nitrogens with zero attached hydrogens (tertiary/aromatic N) is 2. The zero-order valence-corrected chi connectivity index (χ0v) is 28.3. The SMILES string of the molecule is CCOc1ccc(N2C(=O)c3cc(S(=O)(=O)Nc4ccc(C)cc4)ccc3N(Cc3ccccc3)[C@@H]2c2ccc(OC(C)C)cc2)cc1. The second kappa shape index (κ2) is 13.8. The van der Waals surface area contributed by atoms with Crippen LogP contribution >= 0.6 is 0 Å². The van der Waals surface area contributed by atoms with E-state index in [9.17, 15) is 13.2 Å². The number of anilines is 3. The molecule has 0 aromatic heterocycles. The molecule has 0 unspecified atom stereocenters. The highest BCUT2D eigenvalue weighted by atomic mass is 32.2. The van der Waals surface area contributed by atoms with Crippen LogP contribution in [-0.2, 0) is 16.6 Å². The van der Waals surface area contributed by atoms with Gasteiger partial charge in [0.2, 0.25) is 0 Å². The molecule has 0 aliphatic carbocycles. The minimum Gasteiger partial charge on any atom is -0.494 e. The van der Waals surface area contributed by atoms with Crippen molar-refractivity contribution in [1.82, 2.24) is 0 Å². The van der Waals surface area contributed by atoms with Gasteiger partial charge in [0.05, 0.1) is 28.9 Å². The van der Waals surface area contributed by atoms with Crippen molar-refractivity contribution in [2.75, 3.05) is 21.1 Å². The summed E-state index contributed by atoms with van der Waals surface area (Å²) in [4.78, 5) is 18.6. The van der Waals surface area contributed by atoms with Crippen molar-refractivity contribution >= 4 is 33.0 Å². The Balaban J connectivity index is 1.50. The number of ether oxygens (including phenoxy) is 2. The van der Waals surface area contributed by atoms with Crippen molar-refractivity contribution < 1.29 is 22.7 Å². The highest BCUT2D eigenvalue weighted by Gasteiger charge is 2.40. The van der Waals surface area contributed by atoms with Crippen LogP contribution in [0.4, 0.5) is 17.1 Å². The summed E-state index contributed by atoms with van der Waals surface area (Å²) in [5, 5.41) is 0. The number of aryl methyl sites for hydroxylation is 1. The molecule has 5 aromatic carbocycles.